The minimum Gasteiger partial charge on any atom is -0.497 e. The SMILES string of the molecule is COc1ccc(C(C)(N)c2ccc(F)cn2)c(OC)c1. The van der Waals surface area contributed by atoms with Crippen molar-refractivity contribution in [3.8, 4) is 11.5 Å². The Morgan fingerprint density at radius 2 is 1.90 bits per heavy atom. The molecule has 2 aromatic rings. The summed E-state index contributed by atoms with van der Waals surface area (Å²) >= 11 is 0. The highest BCUT2D eigenvalue weighted by atomic mass is 19.1. The van der Waals surface area contributed by atoms with Crippen LogP contribution in [0.1, 0.15) is 18.2 Å². The van der Waals surface area contributed by atoms with E-state index >= 15 is 0 Å². The van der Waals surface area contributed by atoms with Crippen molar-refractivity contribution in [1.29, 1.82) is 0 Å². The average Bonchev–Trinajstić information content (AvgIpc) is 2.46. The monoisotopic (exact) mass is 276 g/mol. The van der Waals surface area contributed by atoms with Gasteiger partial charge in [-0.25, -0.2) is 4.39 Å². The molecule has 1 unspecified atom stereocenters. The van der Waals surface area contributed by atoms with E-state index in [4.69, 9.17) is 15.2 Å². The first-order valence-electron chi connectivity index (χ1n) is 6.12. The zero-order chi connectivity index (χ0) is 14.8. The first-order chi connectivity index (χ1) is 9.48. The number of pyridine rings is 1. The number of nitrogens with zero attached hydrogens (tertiary/aromatic N) is 1. The number of ether oxygens (including phenoxy) is 2. The van der Waals surface area contributed by atoms with Gasteiger partial charge >= 0.3 is 0 Å². The van der Waals surface area contributed by atoms with Crippen molar-refractivity contribution in [2.24, 2.45) is 5.73 Å². The van der Waals surface area contributed by atoms with Crippen molar-refractivity contribution < 1.29 is 13.9 Å². The summed E-state index contributed by atoms with van der Waals surface area (Å²) < 4.78 is 23.5. The third-order valence-electron chi connectivity index (χ3n) is 3.23. The van der Waals surface area contributed by atoms with Crippen LogP contribution in [0.15, 0.2) is 36.5 Å². The molecule has 0 aliphatic heterocycles. The summed E-state index contributed by atoms with van der Waals surface area (Å²) in [5.41, 5.74) is 6.78. The molecule has 1 aromatic heterocycles. The minimum atomic E-state index is -0.898. The van der Waals surface area contributed by atoms with Gasteiger partial charge in [0.2, 0.25) is 0 Å². The van der Waals surface area contributed by atoms with Crippen molar-refractivity contribution in [3.05, 3.63) is 53.6 Å². The van der Waals surface area contributed by atoms with Crippen molar-refractivity contribution in [1.82, 2.24) is 4.98 Å². The molecule has 1 aromatic carbocycles. The van der Waals surface area contributed by atoms with Gasteiger partial charge < -0.3 is 15.2 Å². The Morgan fingerprint density at radius 1 is 1.15 bits per heavy atom. The standard InChI is InChI=1S/C15H17FN2O2/c1-15(17,14-7-4-10(16)9-18-14)12-6-5-11(19-2)8-13(12)20-3/h4-9H,17H2,1-3H3. The van der Waals surface area contributed by atoms with E-state index < -0.39 is 11.4 Å². The molecule has 4 nitrogen and oxygen atoms in total. The number of benzene rings is 1. The number of aromatic nitrogens is 1. The van der Waals surface area contributed by atoms with Crippen molar-refractivity contribution in [2.45, 2.75) is 12.5 Å². The second-order valence-corrected chi connectivity index (χ2v) is 4.63. The molecule has 0 aliphatic rings. The van der Waals surface area contributed by atoms with Gasteiger partial charge in [0.1, 0.15) is 17.3 Å². The van der Waals surface area contributed by atoms with Gasteiger partial charge in [-0.05, 0) is 31.2 Å². The second-order valence-electron chi connectivity index (χ2n) is 4.63. The second kappa shape index (κ2) is 5.46. The molecule has 1 heterocycles. The number of nitrogens with two attached hydrogens (primary N) is 1. The number of hydrogen-bond acceptors (Lipinski definition) is 4. The molecular weight excluding hydrogens is 259 g/mol. The molecule has 20 heavy (non-hydrogen) atoms. The fourth-order valence-electron chi connectivity index (χ4n) is 2.05. The van der Waals surface area contributed by atoms with E-state index in [1.807, 2.05) is 6.07 Å². The van der Waals surface area contributed by atoms with Gasteiger partial charge in [0.25, 0.3) is 0 Å². The van der Waals surface area contributed by atoms with Crippen LogP contribution in [-0.4, -0.2) is 19.2 Å². The highest BCUT2D eigenvalue weighted by Crippen LogP contribution is 2.34. The maximum Gasteiger partial charge on any atom is 0.141 e. The Labute approximate surface area is 117 Å². The van der Waals surface area contributed by atoms with Gasteiger partial charge in [0.15, 0.2) is 0 Å². The molecule has 2 rings (SSSR count). The van der Waals surface area contributed by atoms with Crippen LogP contribution in [0, 0.1) is 5.82 Å². The van der Waals surface area contributed by atoms with Crippen molar-refractivity contribution in [3.63, 3.8) is 0 Å². The Kier molecular flexibility index (Phi) is 3.90. The molecular formula is C15H17FN2O2. The Morgan fingerprint density at radius 3 is 2.45 bits per heavy atom. The summed E-state index contributed by atoms with van der Waals surface area (Å²) in [6.45, 7) is 1.80. The van der Waals surface area contributed by atoms with E-state index in [0.717, 1.165) is 11.8 Å². The molecule has 2 N–H and O–H groups in total. The van der Waals surface area contributed by atoms with E-state index in [1.165, 1.54) is 6.07 Å². The van der Waals surface area contributed by atoms with Crippen LogP contribution in [0.25, 0.3) is 0 Å². The topological polar surface area (TPSA) is 57.4 Å². The maximum absolute atomic E-state index is 13.0. The van der Waals surface area contributed by atoms with E-state index in [9.17, 15) is 4.39 Å². The average molecular weight is 276 g/mol. The lowest BCUT2D eigenvalue weighted by Crippen LogP contribution is -2.35. The van der Waals surface area contributed by atoms with Crippen molar-refractivity contribution in [2.75, 3.05) is 14.2 Å². The van der Waals surface area contributed by atoms with E-state index in [1.54, 1.807) is 39.3 Å². The summed E-state index contributed by atoms with van der Waals surface area (Å²) in [4.78, 5) is 4.06. The van der Waals surface area contributed by atoms with Gasteiger partial charge in [-0.2, -0.15) is 0 Å². The molecule has 0 spiro atoms. The number of halogens is 1. The predicted octanol–water partition coefficient (Wildman–Crippen LogP) is 2.46. The molecule has 0 bridgehead atoms. The van der Waals surface area contributed by atoms with Crippen LogP contribution in [0.5, 0.6) is 11.5 Å². The first-order valence-corrected chi connectivity index (χ1v) is 6.12. The van der Waals surface area contributed by atoms with Crippen LogP contribution in [0.4, 0.5) is 4.39 Å². The Hall–Kier alpha value is -2.14. The van der Waals surface area contributed by atoms with Gasteiger partial charge in [0.05, 0.1) is 31.6 Å². The largest absolute Gasteiger partial charge is 0.497 e. The summed E-state index contributed by atoms with van der Waals surface area (Å²) in [6.07, 6.45) is 1.15. The fourth-order valence-corrected chi connectivity index (χ4v) is 2.05. The highest BCUT2D eigenvalue weighted by Gasteiger charge is 2.29. The molecule has 5 heteroatoms. The lowest BCUT2D eigenvalue weighted by molar-refractivity contribution is 0.383. The zero-order valence-electron chi connectivity index (χ0n) is 11.7. The number of methoxy groups -OCH3 is 2. The maximum atomic E-state index is 13.0. The normalized spacial score (nSPS) is 13.7. The van der Waals surface area contributed by atoms with Gasteiger partial charge in [-0.15, -0.1) is 0 Å². The quantitative estimate of drug-likeness (QED) is 0.932. The first kappa shape index (κ1) is 14.3. The molecule has 106 valence electrons. The smallest absolute Gasteiger partial charge is 0.141 e. The van der Waals surface area contributed by atoms with Crippen LogP contribution in [0.2, 0.25) is 0 Å². The zero-order valence-corrected chi connectivity index (χ0v) is 11.7. The lowest BCUT2D eigenvalue weighted by atomic mass is 9.88. The van der Waals surface area contributed by atoms with Gasteiger partial charge in [-0.1, -0.05) is 0 Å². The van der Waals surface area contributed by atoms with E-state index in [-0.39, 0.29) is 0 Å². The molecule has 1 atom stereocenters. The number of rotatable bonds is 4. The highest BCUT2D eigenvalue weighted by molar-refractivity contribution is 5.47. The molecule has 0 aliphatic carbocycles. The molecule has 0 saturated carbocycles. The summed E-state index contributed by atoms with van der Waals surface area (Å²) in [5, 5.41) is 0. The predicted molar refractivity (Wildman–Crippen MR) is 74.4 cm³/mol. The van der Waals surface area contributed by atoms with E-state index in [2.05, 4.69) is 4.98 Å². The van der Waals surface area contributed by atoms with Crippen LogP contribution in [0.3, 0.4) is 0 Å². The van der Waals surface area contributed by atoms with E-state index in [0.29, 0.717) is 17.2 Å². The van der Waals surface area contributed by atoms with Crippen molar-refractivity contribution >= 4 is 0 Å². The lowest BCUT2D eigenvalue weighted by Gasteiger charge is -2.26. The Balaban J connectivity index is 2.50. The Bertz CT molecular complexity index is 597. The summed E-state index contributed by atoms with van der Waals surface area (Å²) in [6, 6.07) is 8.28. The summed E-state index contributed by atoms with van der Waals surface area (Å²) in [7, 11) is 3.14. The number of hydrogen-bond donors (Lipinski definition) is 1. The van der Waals surface area contributed by atoms with Crippen LogP contribution in [-0.2, 0) is 5.54 Å². The third-order valence-corrected chi connectivity index (χ3v) is 3.23. The molecule has 0 saturated heterocycles. The minimum absolute atomic E-state index is 0.397. The van der Waals surface area contributed by atoms with Gasteiger partial charge in [-0.3, -0.25) is 4.98 Å². The third kappa shape index (κ3) is 2.58. The van der Waals surface area contributed by atoms with Gasteiger partial charge in [0, 0.05) is 11.6 Å². The molecule has 0 radical (unpaired) electrons. The van der Waals surface area contributed by atoms with Crippen LogP contribution >= 0.6 is 0 Å². The fraction of sp³-hybridized carbons (Fsp3) is 0.267. The van der Waals surface area contributed by atoms with Crippen LogP contribution < -0.4 is 15.2 Å². The summed E-state index contributed by atoms with van der Waals surface area (Å²) in [5.74, 6) is 0.875. The molecule has 0 amide bonds. The molecule has 0 fully saturated rings.